The van der Waals surface area contributed by atoms with Crippen molar-refractivity contribution >= 4 is 35.3 Å². The Kier molecular flexibility index (Phi) is 11.4. The number of hydrogen-bond donors (Lipinski definition) is 2. The summed E-state index contributed by atoms with van der Waals surface area (Å²) in [5.74, 6) is 1.62. The zero-order valence-electron chi connectivity index (χ0n) is 31.5. The molecule has 0 spiro atoms. The Morgan fingerprint density at radius 3 is 1.67 bits per heavy atom. The van der Waals surface area contributed by atoms with Crippen LogP contribution in [-0.4, -0.2) is 36.8 Å². The van der Waals surface area contributed by atoms with Gasteiger partial charge in [-0.3, -0.25) is 9.74 Å². The predicted molar refractivity (Wildman–Crippen MR) is 209 cm³/mol. The van der Waals surface area contributed by atoms with Crippen molar-refractivity contribution in [3.63, 3.8) is 0 Å². The van der Waals surface area contributed by atoms with E-state index in [0.717, 1.165) is 52.0 Å². The van der Waals surface area contributed by atoms with E-state index < -0.39 is 17.9 Å². The first-order chi connectivity index (χ1) is 23.0. The number of hydrogen-bond acceptors (Lipinski definition) is 6. The molecule has 0 saturated heterocycles. The van der Waals surface area contributed by atoms with Gasteiger partial charge in [-0.05, 0) is 85.6 Å². The number of benzene rings is 4. The predicted octanol–water partition coefficient (Wildman–Crippen LogP) is 10.7. The normalized spacial score (nSPS) is 12.4. The summed E-state index contributed by atoms with van der Waals surface area (Å²) in [7, 11) is 0.260. The third kappa shape index (κ3) is 8.07. The van der Waals surface area contributed by atoms with Gasteiger partial charge in [0.1, 0.15) is 23.0 Å². The number of nitrogens with zero attached hydrogens (tertiary/aromatic N) is 2. The number of phenols is 2. The molecule has 0 radical (unpaired) electrons. The molecule has 4 rings (SSSR count). The van der Waals surface area contributed by atoms with E-state index in [1.54, 1.807) is 14.2 Å². The number of methoxy groups -OCH3 is 2. The lowest BCUT2D eigenvalue weighted by Crippen LogP contribution is -2.25. The van der Waals surface area contributed by atoms with Crippen molar-refractivity contribution in [2.45, 2.75) is 92.9 Å². The van der Waals surface area contributed by atoms with Crippen LogP contribution in [0.15, 0.2) is 70.4 Å². The maximum atomic E-state index is 12.3. The van der Waals surface area contributed by atoms with Crippen LogP contribution in [0.3, 0.4) is 0 Å². The third-order valence-electron chi connectivity index (χ3n) is 9.03. The molecule has 4 aromatic carbocycles. The van der Waals surface area contributed by atoms with E-state index in [9.17, 15) is 10.2 Å². The molecule has 7 heteroatoms. The topological polar surface area (TPSA) is 83.6 Å². The van der Waals surface area contributed by atoms with Crippen LogP contribution in [0.1, 0.15) is 94.7 Å². The fraction of sp³-hybridized carbons (Fsp3) is 0.405. The van der Waals surface area contributed by atoms with Gasteiger partial charge in [0.2, 0.25) is 0 Å². The zero-order valence-corrected chi connectivity index (χ0v) is 32.4. The standard InChI is InChI=1S/C42H55N2O4P/c1-13-14-19-49(36-24-31(47-11)22-33(39(36)45)41(5,6)7,37-25-32(48-12)23-34(40(37)46)42(8,9)10)44-35-18-16-15-17-30(35)26-43-38-28(3)20-27(2)21-29(38)4/h15-18,20-26,45-46H,13-14,19H2,1-12H3. The summed E-state index contributed by atoms with van der Waals surface area (Å²) in [6.07, 6.45) is 4.22. The number of aryl methyl sites for hydroxylation is 3. The minimum Gasteiger partial charge on any atom is -0.507 e. The van der Waals surface area contributed by atoms with Crippen molar-refractivity contribution in [3.05, 3.63) is 94.0 Å². The highest BCUT2D eigenvalue weighted by atomic mass is 31.2. The van der Waals surface area contributed by atoms with Crippen molar-refractivity contribution in [1.29, 1.82) is 0 Å². The molecule has 0 unspecified atom stereocenters. The minimum absolute atomic E-state index is 0.179. The number of phenolic OH excluding ortho intramolecular Hbond substituents is 2. The van der Waals surface area contributed by atoms with Gasteiger partial charge in [0, 0.05) is 40.6 Å². The molecule has 0 heterocycles. The Morgan fingerprint density at radius 1 is 0.735 bits per heavy atom. The second-order valence-electron chi connectivity index (χ2n) is 15.1. The Morgan fingerprint density at radius 2 is 1.22 bits per heavy atom. The van der Waals surface area contributed by atoms with E-state index in [-0.39, 0.29) is 11.5 Å². The molecule has 0 aliphatic carbocycles. The zero-order chi connectivity index (χ0) is 36.3. The summed E-state index contributed by atoms with van der Waals surface area (Å²) in [5, 5.41) is 26.0. The van der Waals surface area contributed by atoms with E-state index in [0.29, 0.717) is 28.3 Å². The van der Waals surface area contributed by atoms with Crippen LogP contribution in [0.25, 0.3) is 0 Å². The van der Waals surface area contributed by atoms with Crippen LogP contribution in [0, 0.1) is 20.8 Å². The lowest BCUT2D eigenvalue weighted by Gasteiger charge is -2.33. The molecule has 0 aromatic heterocycles. The van der Waals surface area contributed by atoms with Gasteiger partial charge in [-0.15, -0.1) is 0 Å². The summed E-state index contributed by atoms with van der Waals surface area (Å²) in [6, 6.07) is 19.9. The van der Waals surface area contributed by atoms with Gasteiger partial charge < -0.3 is 19.7 Å². The Hall–Kier alpha value is -4.02. The van der Waals surface area contributed by atoms with Crippen LogP contribution in [0.2, 0.25) is 0 Å². The molecule has 0 amide bonds. The largest absolute Gasteiger partial charge is 0.507 e. The quantitative estimate of drug-likeness (QED) is 0.129. The second-order valence-corrected chi connectivity index (χ2v) is 18.2. The summed E-state index contributed by atoms with van der Waals surface area (Å²) >= 11 is 0. The molecule has 0 bridgehead atoms. The lowest BCUT2D eigenvalue weighted by atomic mass is 9.86. The van der Waals surface area contributed by atoms with Gasteiger partial charge in [0.15, 0.2) is 0 Å². The highest BCUT2D eigenvalue weighted by molar-refractivity contribution is 7.81. The van der Waals surface area contributed by atoms with Crippen molar-refractivity contribution in [3.8, 4) is 23.0 Å². The summed E-state index contributed by atoms with van der Waals surface area (Å²) in [5.41, 5.74) is 6.68. The maximum absolute atomic E-state index is 12.3. The molecule has 262 valence electrons. The minimum atomic E-state index is -3.03. The van der Waals surface area contributed by atoms with Gasteiger partial charge in [0.05, 0.1) is 25.6 Å². The molecule has 0 aliphatic rings. The molecule has 4 aromatic rings. The van der Waals surface area contributed by atoms with Gasteiger partial charge in [-0.25, -0.2) is 0 Å². The monoisotopic (exact) mass is 682 g/mol. The SMILES string of the molecule is CCCCP(=Nc1ccccc1C=Nc1c(C)cc(C)cc1C)(c1cc(OC)cc(C(C)(C)C)c1O)c1cc(OC)cc(C(C)(C)C)c1O. The fourth-order valence-electron chi connectivity index (χ4n) is 6.43. The van der Waals surface area contributed by atoms with E-state index in [4.69, 9.17) is 19.2 Å². The first kappa shape index (κ1) is 37.8. The van der Waals surface area contributed by atoms with Crippen molar-refractivity contribution < 1.29 is 19.7 Å². The number of unbranched alkanes of at least 4 members (excludes halogenated alkanes) is 1. The number of ether oxygens (including phenoxy) is 2. The van der Waals surface area contributed by atoms with Crippen molar-refractivity contribution in [2.24, 2.45) is 9.74 Å². The van der Waals surface area contributed by atoms with Gasteiger partial charge in [-0.1, -0.05) is 90.8 Å². The summed E-state index contributed by atoms with van der Waals surface area (Å²) in [4.78, 5) is 4.99. The molecule has 0 atom stereocenters. The number of rotatable bonds is 10. The van der Waals surface area contributed by atoms with Gasteiger partial charge in [0.25, 0.3) is 0 Å². The second kappa shape index (κ2) is 14.8. The molecule has 0 aliphatic heterocycles. The summed E-state index contributed by atoms with van der Waals surface area (Å²) < 4.78 is 17.5. The average Bonchev–Trinajstić information content (AvgIpc) is 3.02. The Balaban J connectivity index is 2.23. The molecule has 0 fully saturated rings. The highest BCUT2D eigenvalue weighted by Gasteiger charge is 2.36. The van der Waals surface area contributed by atoms with Crippen LogP contribution in [0.5, 0.6) is 23.0 Å². The smallest absolute Gasteiger partial charge is 0.128 e. The van der Waals surface area contributed by atoms with Crippen LogP contribution < -0.4 is 20.1 Å². The molecular formula is C42H55N2O4P. The number of aliphatic imine (C=N–C) groups is 1. The van der Waals surface area contributed by atoms with Crippen LogP contribution >= 0.6 is 7.05 Å². The van der Waals surface area contributed by atoms with Crippen LogP contribution in [-0.2, 0) is 10.8 Å². The highest BCUT2D eigenvalue weighted by Crippen LogP contribution is 2.58. The summed E-state index contributed by atoms with van der Waals surface area (Å²) in [6.45, 7) is 20.9. The van der Waals surface area contributed by atoms with Gasteiger partial charge >= 0.3 is 0 Å². The van der Waals surface area contributed by atoms with Gasteiger partial charge in [-0.2, -0.15) is 0 Å². The van der Waals surface area contributed by atoms with E-state index in [2.05, 4.69) is 81.4 Å². The third-order valence-corrected chi connectivity index (χ3v) is 12.8. The van der Waals surface area contributed by atoms with Crippen molar-refractivity contribution in [2.75, 3.05) is 20.4 Å². The fourth-order valence-corrected chi connectivity index (χ4v) is 10.4. The number of aromatic hydroxyl groups is 2. The van der Waals surface area contributed by atoms with Crippen molar-refractivity contribution in [1.82, 2.24) is 0 Å². The van der Waals surface area contributed by atoms with E-state index >= 15 is 0 Å². The first-order valence-electron chi connectivity index (χ1n) is 17.1. The maximum Gasteiger partial charge on any atom is 0.128 e. The molecule has 2 N–H and O–H groups in total. The Labute approximate surface area is 294 Å². The Bertz CT molecular complexity index is 1810. The molecule has 0 saturated carbocycles. The lowest BCUT2D eigenvalue weighted by molar-refractivity contribution is 0.407. The molecule has 49 heavy (non-hydrogen) atoms. The molecular weight excluding hydrogens is 627 g/mol. The molecule has 6 nitrogen and oxygen atoms in total. The average molecular weight is 683 g/mol. The van der Waals surface area contributed by atoms with Crippen LogP contribution in [0.4, 0.5) is 11.4 Å². The van der Waals surface area contributed by atoms with E-state index in [1.165, 1.54) is 5.56 Å². The first-order valence-corrected chi connectivity index (χ1v) is 19.1. The van der Waals surface area contributed by atoms with E-state index in [1.807, 2.05) is 54.7 Å².